The van der Waals surface area contributed by atoms with Crippen LogP contribution in [0.2, 0.25) is 0 Å². The maximum absolute atomic E-state index is 12.3. The molecule has 2 heterocycles. The van der Waals surface area contributed by atoms with Gasteiger partial charge in [-0.3, -0.25) is 0 Å². The Kier molecular flexibility index (Phi) is 11.8. The van der Waals surface area contributed by atoms with E-state index in [0.717, 1.165) is 38.5 Å². The second kappa shape index (κ2) is 15.0. The van der Waals surface area contributed by atoms with Gasteiger partial charge < -0.3 is 59.8 Å². The van der Waals surface area contributed by atoms with E-state index in [1.165, 1.54) is 5.57 Å². The number of hydrogen-bond acceptors (Lipinski definition) is 12. The van der Waals surface area contributed by atoms with Crippen molar-refractivity contribution in [2.24, 2.45) is 45.8 Å². The summed E-state index contributed by atoms with van der Waals surface area (Å²) in [5.74, 6) is 1.06. The van der Waals surface area contributed by atoms with Crippen molar-refractivity contribution < 1.29 is 59.8 Å². The third-order valence-corrected chi connectivity index (χ3v) is 15.7. The number of fused-ring (bicyclic) bond motifs is 5. The highest BCUT2D eigenvalue weighted by Gasteiger charge is 2.69. The van der Waals surface area contributed by atoms with Crippen LogP contribution in [0.15, 0.2) is 11.6 Å². The zero-order chi connectivity index (χ0) is 38.1. The summed E-state index contributed by atoms with van der Waals surface area (Å²) in [5, 5.41) is 86.7. The van der Waals surface area contributed by atoms with Crippen molar-refractivity contribution in [2.45, 2.75) is 179 Å². The molecule has 0 aromatic carbocycles. The Morgan fingerprint density at radius 3 is 2.13 bits per heavy atom. The number of hydrogen-bond donors (Lipinski definition) is 8. The molecule has 0 unspecified atom stereocenters. The monoisotopic (exact) mass is 740 g/mol. The summed E-state index contributed by atoms with van der Waals surface area (Å²) in [7, 11) is 0. The quantitative estimate of drug-likeness (QED) is 0.161. The van der Waals surface area contributed by atoms with Crippen LogP contribution < -0.4 is 0 Å². The summed E-state index contributed by atoms with van der Waals surface area (Å²) in [4.78, 5) is 0. The van der Waals surface area contributed by atoms with Gasteiger partial charge in [-0.2, -0.15) is 0 Å². The molecule has 300 valence electrons. The fourth-order valence-corrected chi connectivity index (χ4v) is 12.3. The van der Waals surface area contributed by atoms with Gasteiger partial charge in [0.25, 0.3) is 0 Å². The molecule has 0 aromatic heterocycles. The molecule has 6 rings (SSSR count). The van der Waals surface area contributed by atoms with E-state index >= 15 is 0 Å². The average Bonchev–Trinajstić information content (AvgIpc) is 3.47. The lowest BCUT2D eigenvalue weighted by molar-refractivity contribution is -0.345. The molecule has 6 fully saturated rings. The minimum Gasteiger partial charge on any atom is -0.393 e. The number of allylic oxidation sites excluding steroid dienone is 2. The van der Waals surface area contributed by atoms with Gasteiger partial charge in [-0.05, 0) is 124 Å². The Bertz CT molecular complexity index is 1270. The van der Waals surface area contributed by atoms with Crippen LogP contribution in [0.25, 0.3) is 0 Å². The number of ether oxygens (including phenoxy) is 4. The summed E-state index contributed by atoms with van der Waals surface area (Å²) in [6.45, 7) is 14.8. The molecule has 0 bridgehead atoms. The average molecular weight is 741 g/mol. The van der Waals surface area contributed by atoms with E-state index in [9.17, 15) is 40.9 Å². The molecule has 2 aliphatic heterocycles. The van der Waals surface area contributed by atoms with Crippen LogP contribution >= 0.6 is 0 Å². The summed E-state index contributed by atoms with van der Waals surface area (Å²) in [5.41, 5.74) is -0.0705. The molecule has 0 aromatic rings. The van der Waals surface area contributed by atoms with Gasteiger partial charge in [-0.1, -0.05) is 39.3 Å². The zero-order valence-corrected chi connectivity index (χ0v) is 32.3. The van der Waals surface area contributed by atoms with Gasteiger partial charge >= 0.3 is 0 Å². The Morgan fingerprint density at radius 1 is 0.769 bits per heavy atom. The van der Waals surface area contributed by atoms with Crippen LogP contribution in [0.1, 0.15) is 106 Å². The summed E-state index contributed by atoms with van der Waals surface area (Å²) < 4.78 is 24.0. The third-order valence-electron chi connectivity index (χ3n) is 15.7. The molecular weight excluding hydrogens is 672 g/mol. The lowest BCUT2D eigenvalue weighted by Gasteiger charge is -2.67. The molecule has 52 heavy (non-hydrogen) atoms. The molecule has 12 nitrogen and oxygen atoms in total. The standard InChI is InChI=1S/C40H68O12/c1-20(2)9-8-14-40(7,52-36-34(48)32(46)31(45)27(51-36)19-50-35-33(47)30(44)26(42)18-49-35)23-13-16-39(6)29(23)25(41)17-24-21-10-11-28(43)37(3,4)22(21)12-15-38(24,39)5/h9,21-36,41-48H,8,10-19H2,1-7H3/t21-,22+,23-,24+,25+,26+,27+,28-,29-,30-,31+,32-,33+,34+,35-,36-,38+,39+,40-/m0/s1. The fraction of sp³-hybridized carbons (Fsp3) is 0.950. The van der Waals surface area contributed by atoms with Crippen molar-refractivity contribution in [3.8, 4) is 0 Å². The molecule has 4 saturated carbocycles. The Hall–Kier alpha value is -0.740. The van der Waals surface area contributed by atoms with Crippen molar-refractivity contribution in [3.05, 3.63) is 11.6 Å². The molecule has 0 radical (unpaired) electrons. The van der Waals surface area contributed by atoms with Gasteiger partial charge in [0.1, 0.15) is 42.7 Å². The number of aliphatic hydroxyl groups excluding tert-OH is 8. The smallest absolute Gasteiger partial charge is 0.187 e. The van der Waals surface area contributed by atoms with E-state index in [4.69, 9.17) is 18.9 Å². The van der Waals surface area contributed by atoms with Gasteiger partial charge in [0.2, 0.25) is 0 Å². The fourth-order valence-electron chi connectivity index (χ4n) is 12.3. The van der Waals surface area contributed by atoms with Gasteiger partial charge in [-0.25, -0.2) is 0 Å². The largest absolute Gasteiger partial charge is 0.393 e. The Balaban J connectivity index is 1.24. The first-order chi connectivity index (χ1) is 24.3. The van der Waals surface area contributed by atoms with E-state index in [1.807, 2.05) is 20.8 Å². The summed E-state index contributed by atoms with van der Waals surface area (Å²) in [6, 6.07) is 0. The predicted molar refractivity (Wildman–Crippen MR) is 190 cm³/mol. The molecule has 0 spiro atoms. The molecule has 6 aliphatic rings. The Labute approximate surface area is 309 Å². The Morgan fingerprint density at radius 2 is 1.44 bits per heavy atom. The van der Waals surface area contributed by atoms with E-state index < -0.39 is 67.0 Å². The van der Waals surface area contributed by atoms with Crippen LogP contribution in [0.4, 0.5) is 0 Å². The lowest BCUT2D eigenvalue weighted by atomic mass is 9.39. The lowest BCUT2D eigenvalue weighted by Crippen LogP contribution is -2.64. The molecule has 2 saturated heterocycles. The normalized spacial score (nSPS) is 51.4. The van der Waals surface area contributed by atoms with Gasteiger partial charge in [-0.15, -0.1) is 0 Å². The van der Waals surface area contributed by atoms with Crippen molar-refractivity contribution in [1.82, 2.24) is 0 Å². The highest BCUT2D eigenvalue weighted by atomic mass is 16.7. The molecule has 12 heteroatoms. The first kappa shape index (κ1) is 40.9. The van der Waals surface area contributed by atoms with Gasteiger partial charge in [0.15, 0.2) is 12.6 Å². The van der Waals surface area contributed by atoms with Crippen LogP contribution in [-0.2, 0) is 18.9 Å². The summed E-state index contributed by atoms with van der Waals surface area (Å²) in [6.07, 6.45) is -3.96. The van der Waals surface area contributed by atoms with Crippen LogP contribution in [0.5, 0.6) is 0 Å². The number of aliphatic hydroxyl groups is 8. The maximum Gasteiger partial charge on any atom is 0.187 e. The SMILES string of the molecule is CC(C)=CCC[C@](C)(O[C@@H]1O[C@H](CO[C@@H]2OC[C@@H](O)[C@H](O)[C@H]2O)[C@@H](O)[C@H](O)[C@H]1O)[C@H]1CC[C@]2(C)[C@@H]1[C@H](O)C[C@@H]1[C@H]3CC[C@H](O)C(C)(C)[C@@H]3CC[C@]12C. The van der Waals surface area contributed by atoms with Crippen molar-refractivity contribution >= 4 is 0 Å². The van der Waals surface area contributed by atoms with Crippen molar-refractivity contribution in [2.75, 3.05) is 13.2 Å². The van der Waals surface area contributed by atoms with Gasteiger partial charge in [0, 0.05) is 0 Å². The van der Waals surface area contributed by atoms with Crippen LogP contribution in [-0.4, -0.2) is 127 Å². The van der Waals surface area contributed by atoms with Crippen molar-refractivity contribution in [3.63, 3.8) is 0 Å². The zero-order valence-electron chi connectivity index (χ0n) is 32.3. The minimum absolute atomic E-state index is 0.00896. The van der Waals surface area contributed by atoms with Crippen molar-refractivity contribution in [1.29, 1.82) is 0 Å². The highest BCUT2D eigenvalue weighted by molar-refractivity contribution is 5.18. The first-order valence-corrected chi connectivity index (χ1v) is 19.9. The molecule has 8 N–H and O–H groups in total. The van der Waals surface area contributed by atoms with Crippen LogP contribution in [0, 0.1) is 45.8 Å². The van der Waals surface area contributed by atoms with E-state index in [1.54, 1.807) is 0 Å². The minimum atomic E-state index is -1.62. The molecular formula is C40H68O12. The first-order valence-electron chi connectivity index (χ1n) is 19.9. The molecule has 0 amide bonds. The molecule has 19 atom stereocenters. The third kappa shape index (κ3) is 6.87. The van der Waals surface area contributed by atoms with E-state index in [0.29, 0.717) is 37.0 Å². The topological polar surface area (TPSA) is 199 Å². The van der Waals surface area contributed by atoms with Crippen LogP contribution in [0.3, 0.4) is 0 Å². The second-order valence-electron chi connectivity index (χ2n) is 19.0. The molecule has 4 aliphatic carbocycles. The second-order valence-corrected chi connectivity index (χ2v) is 19.0. The predicted octanol–water partition coefficient (Wildman–Crippen LogP) is 2.40. The number of rotatable bonds is 9. The summed E-state index contributed by atoms with van der Waals surface area (Å²) >= 11 is 0. The van der Waals surface area contributed by atoms with Gasteiger partial charge in [0.05, 0.1) is 31.0 Å². The van der Waals surface area contributed by atoms with E-state index in [-0.39, 0.29) is 47.4 Å². The highest BCUT2D eigenvalue weighted by Crippen LogP contribution is 2.73. The maximum atomic E-state index is 12.3. The van der Waals surface area contributed by atoms with E-state index in [2.05, 4.69) is 33.8 Å².